The predicted octanol–water partition coefficient (Wildman–Crippen LogP) is 2.28. The summed E-state index contributed by atoms with van der Waals surface area (Å²) in [6, 6.07) is 5.93. The van der Waals surface area contributed by atoms with Crippen molar-refractivity contribution in [2.75, 3.05) is 32.8 Å². The van der Waals surface area contributed by atoms with E-state index in [-0.39, 0.29) is 0 Å². The third-order valence-electron chi connectivity index (χ3n) is 3.77. The van der Waals surface area contributed by atoms with Crippen LogP contribution in [-0.4, -0.2) is 53.4 Å². The predicted molar refractivity (Wildman–Crippen MR) is 106 cm³/mol. The number of ether oxygens (including phenoxy) is 1. The molecule has 0 aliphatic heterocycles. The molecule has 2 aromatic rings. The van der Waals surface area contributed by atoms with E-state index in [9.17, 15) is 0 Å². The van der Waals surface area contributed by atoms with Crippen molar-refractivity contribution < 1.29 is 4.74 Å². The van der Waals surface area contributed by atoms with Gasteiger partial charge in [-0.15, -0.1) is 10.2 Å². The molecule has 2 rings (SSSR count). The maximum atomic E-state index is 5.60. The van der Waals surface area contributed by atoms with Gasteiger partial charge in [-0.05, 0) is 37.8 Å². The van der Waals surface area contributed by atoms with Gasteiger partial charge in [0.2, 0.25) is 0 Å². The van der Waals surface area contributed by atoms with Gasteiger partial charge in [0.15, 0.2) is 11.6 Å². The Balaban J connectivity index is 1.69. The number of aryl methyl sites for hydroxylation is 1. The van der Waals surface area contributed by atoms with Crippen molar-refractivity contribution in [1.82, 2.24) is 25.2 Å². The largest absolute Gasteiger partial charge is 0.381 e. The van der Waals surface area contributed by atoms with Crippen LogP contribution in [0.4, 0.5) is 0 Å². The highest BCUT2D eigenvalue weighted by molar-refractivity contribution is 5.79. The van der Waals surface area contributed by atoms with Crippen LogP contribution in [0.25, 0.3) is 5.65 Å². The van der Waals surface area contributed by atoms with Crippen molar-refractivity contribution in [2.24, 2.45) is 10.9 Å². The van der Waals surface area contributed by atoms with E-state index in [1.54, 1.807) is 0 Å². The van der Waals surface area contributed by atoms with Crippen molar-refractivity contribution in [3.63, 3.8) is 0 Å². The van der Waals surface area contributed by atoms with Crippen LogP contribution in [0.1, 0.15) is 39.4 Å². The van der Waals surface area contributed by atoms with Crippen LogP contribution in [-0.2, 0) is 11.2 Å². The maximum absolute atomic E-state index is 5.60. The average molecular weight is 361 g/mol. The minimum atomic E-state index is 0.587. The summed E-state index contributed by atoms with van der Waals surface area (Å²) in [6.45, 7) is 10.5. The summed E-state index contributed by atoms with van der Waals surface area (Å²) in [7, 11) is 0. The molecular weight excluding hydrogens is 328 g/mol. The van der Waals surface area contributed by atoms with E-state index in [0.717, 1.165) is 69.5 Å². The van der Waals surface area contributed by atoms with Gasteiger partial charge in [-0.3, -0.25) is 9.39 Å². The first-order valence-corrected chi connectivity index (χ1v) is 9.59. The number of guanidine groups is 1. The van der Waals surface area contributed by atoms with Gasteiger partial charge in [0.25, 0.3) is 0 Å². The highest BCUT2D eigenvalue weighted by Gasteiger charge is 2.04. The standard InChI is InChI=1S/C19H32N6O/c1-4-20-19(22-12-8-14-26-15-16(2)3)21-11-7-10-18-24-23-17-9-5-6-13-25(17)18/h5-6,9,13,16H,4,7-8,10-12,14-15H2,1-3H3,(H2,20,21,22). The summed E-state index contributed by atoms with van der Waals surface area (Å²) < 4.78 is 7.63. The van der Waals surface area contributed by atoms with Gasteiger partial charge >= 0.3 is 0 Å². The normalized spacial score (nSPS) is 12.1. The van der Waals surface area contributed by atoms with E-state index in [1.807, 2.05) is 28.8 Å². The van der Waals surface area contributed by atoms with E-state index in [1.165, 1.54) is 0 Å². The first-order chi connectivity index (χ1) is 12.7. The van der Waals surface area contributed by atoms with Crippen LogP contribution >= 0.6 is 0 Å². The van der Waals surface area contributed by atoms with E-state index >= 15 is 0 Å². The molecule has 0 saturated carbocycles. The van der Waals surface area contributed by atoms with Crippen molar-refractivity contribution in [3.8, 4) is 0 Å². The second-order valence-corrected chi connectivity index (χ2v) is 6.66. The lowest BCUT2D eigenvalue weighted by molar-refractivity contribution is 0.108. The molecule has 7 heteroatoms. The van der Waals surface area contributed by atoms with Crippen molar-refractivity contribution in [3.05, 3.63) is 30.2 Å². The quantitative estimate of drug-likeness (QED) is 0.365. The molecule has 0 aromatic carbocycles. The molecule has 0 fully saturated rings. The molecule has 0 aliphatic carbocycles. The molecule has 0 saturated heterocycles. The Morgan fingerprint density at radius 1 is 1.23 bits per heavy atom. The number of pyridine rings is 1. The van der Waals surface area contributed by atoms with E-state index < -0.39 is 0 Å². The topological polar surface area (TPSA) is 75.8 Å². The Labute approximate surface area is 156 Å². The zero-order chi connectivity index (χ0) is 18.6. The number of nitrogens with zero attached hydrogens (tertiary/aromatic N) is 4. The first kappa shape index (κ1) is 20.2. The molecule has 2 aromatic heterocycles. The lowest BCUT2D eigenvalue weighted by Crippen LogP contribution is -2.38. The minimum Gasteiger partial charge on any atom is -0.381 e. The second-order valence-electron chi connectivity index (χ2n) is 6.66. The summed E-state index contributed by atoms with van der Waals surface area (Å²) in [6.07, 6.45) is 4.77. The fourth-order valence-corrected chi connectivity index (χ4v) is 2.53. The third kappa shape index (κ3) is 7.00. The highest BCUT2D eigenvalue weighted by atomic mass is 16.5. The molecule has 0 amide bonds. The summed E-state index contributed by atoms with van der Waals surface area (Å²) in [5, 5.41) is 15.1. The summed E-state index contributed by atoms with van der Waals surface area (Å²) in [5.74, 6) is 2.43. The lowest BCUT2D eigenvalue weighted by Gasteiger charge is -2.11. The van der Waals surface area contributed by atoms with Crippen molar-refractivity contribution in [1.29, 1.82) is 0 Å². The average Bonchev–Trinajstić information content (AvgIpc) is 3.04. The van der Waals surface area contributed by atoms with Gasteiger partial charge in [-0.2, -0.15) is 0 Å². The fourth-order valence-electron chi connectivity index (χ4n) is 2.53. The molecule has 144 valence electrons. The molecule has 2 heterocycles. The number of fused-ring (bicyclic) bond motifs is 1. The van der Waals surface area contributed by atoms with E-state index in [2.05, 4.69) is 46.6 Å². The van der Waals surface area contributed by atoms with Gasteiger partial charge in [0.05, 0.1) is 0 Å². The molecule has 2 N–H and O–H groups in total. The van der Waals surface area contributed by atoms with E-state index in [0.29, 0.717) is 5.92 Å². The molecule has 0 radical (unpaired) electrons. The number of aromatic nitrogens is 3. The molecule has 0 unspecified atom stereocenters. The Hall–Kier alpha value is -2.15. The monoisotopic (exact) mass is 360 g/mol. The van der Waals surface area contributed by atoms with Gasteiger partial charge in [0, 0.05) is 45.5 Å². The van der Waals surface area contributed by atoms with Gasteiger partial charge in [0.1, 0.15) is 5.82 Å². The van der Waals surface area contributed by atoms with Crippen molar-refractivity contribution >= 4 is 11.6 Å². The van der Waals surface area contributed by atoms with Crippen molar-refractivity contribution in [2.45, 2.75) is 40.0 Å². The second kappa shape index (κ2) is 11.5. The van der Waals surface area contributed by atoms with Crippen LogP contribution in [0.2, 0.25) is 0 Å². The number of hydrogen-bond acceptors (Lipinski definition) is 4. The summed E-state index contributed by atoms with van der Waals surface area (Å²) in [5.41, 5.74) is 0.890. The molecule has 26 heavy (non-hydrogen) atoms. The Morgan fingerprint density at radius 3 is 2.92 bits per heavy atom. The number of rotatable bonds is 11. The molecule has 0 bridgehead atoms. The van der Waals surface area contributed by atoms with Crippen LogP contribution in [0, 0.1) is 5.92 Å². The molecule has 7 nitrogen and oxygen atoms in total. The molecule has 0 spiro atoms. The van der Waals surface area contributed by atoms with Gasteiger partial charge < -0.3 is 15.4 Å². The van der Waals surface area contributed by atoms with Crippen LogP contribution in [0.15, 0.2) is 29.4 Å². The van der Waals surface area contributed by atoms with Crippen LogP contribution < -0.4 is 10.6 Å². The lowest BCUT2D eigenvalue weighted by atomic mass is 10.2. The van der Waals surface area contributed by atoms with E-state index in [4.69, 9.17) is 4.74 Å². The smallest absolute Gasteiger partial charge is 0.191 e. The Bertz CT molecular complexity index is 667. The number of nitrogens with one attached hydrogen (secondary N) is 2. The number of hydrogen-bond donors (Lipinski definition) is 2. The molecule has 0 atom stereocenters. The summed E-state index contributed by atoms with van der Waals surface area (Å²) in [4.78, 5) is 4.64. The minimum absolute atomic E-state index is 0.587. The SMILES string of the molecule is CCNC(=NCCCc1nnc2ccccn12)NCCCOCC(C)C. The van der Waals surface area contributed by atoms with Crippen LogP contribution in [0.3, 0.4) is 0 Å². The van der Waals surface area contributed by atoms with Gasteiger partial charge in [-0.25, -0.2) is 0 Å². The summed E-state index contributed by atoms with van der Waals surface area (Å²) >= 11 is 0. The maximum Gasteiger partial charge on any atom is 0.191 e. The number of aliphatic imine (C=N–C) groups is 1. The molecule has 0 aliphatic rings. The molecular formula is C19H32N6O. The zero-order valence-corrected chi connectivity index (χ0v) is 16.2. The Kier molecular flexibility index (Phi) is 8.89. The Morgan fingerprint density at radius 2 is 2.12 bits per heavy atom. The third-order valence-corrected chi connectivity index (χ3v) is 3.77. The zero-order valence-electron chi connectivity index (χ0n) is 16.2. The fraction of sp³-hybridized carbons (Fsp3) is 0.632. The first-order valence-electron chi connectivity index (χ1n) is 9.59. The van der Waals surface area contributed by atoms with Gasteiger partial charge in [-0.1, -0.05) is 19.9 Å². The highest BCUT2D eigenvalue weighted by Crippen LogP contribution is 2.05. The van der Waals surface area contributed by atoms with Crippen LogP contribution in [0.5, 0.6) is 0 Å².